The Labute approximate surface area is 174 Å². The predicted molar refractivity (Wildman–Crippen MR) is 104 cm³/mol. The Bertz CT molecular complexity index is 936. The first kappa shape index (κ1) is 23.7. The topological polar surface area (TPSA) is 113 Å². The number of carbonyl (C=O) groups excluding carboxylic acids is 3. The lowest BCUT2D eigenvalue weighted by molar-refractivity contribution is -0.132. The van der Waals surface area contributed by atoms with Gasteiger partial charge in [-0.05, 0) is 18.4 Å². The second kappa shape index (κ2) is 9.50. The van der Waals surface area contributed by atoms with Crippen LogP contribution in [0.2, 0.25) is 0 Å². The molecule has 1 saturated heterocycles. The van der Waals surface area contributed by atoms with Gasteiger partial charge in [-0.15, -0.1) is 0 Å². The Hall–Kier alpha value is -2.56. The van der Waals surface area contributed by atoms with Crippen molar-refractivity contribution >= 4 is 27.7 Å². The van der Waals surface area contributed by atoms with Crippen molar-refractivity contribution in [2.45, 2.75) is 51.7 Å². The van der Waals surface area contributed by atoms with E-state index in [1.165, 1.54) is 17.0 Å². The third kappa shape index (κ3) is 6.22. The molecule has 0 radical (unpaired) electrons. The Morgan fingerprint density at radius 2 is 1.93 bits per heavy atom. The summed E-state index contributed by atoms with van der Waals surface area (Å²) in [6.45, 7) is 3.11. The van der Waals surface area contributed by atoms with Crippen molar-refractivity contribution in [3.05, 3.63) is 35.4 Å². The molecule has 2 atom stereocenters. The molecule has 0 spiro atoms. The number of sulfonamides is 1. The molecule has 0 aliphatic carbocycles. The van der Waals surface area contributed by atoms with Crippen molar-refractivity contribution in [3.8, 4) is 0 Å². The molecule has 11 heteroatoms. The van der Waals surface area contributed by atoms with Gasteiger partial charge in [0.05, 0.1) is 6.26 Å². The van der Waals surface area contributed by atoms with Crippen molar-refractivity contribution in [1.29, 1.82) is 0 Å². The molecular formula is C19H25F2N3O5S. The van der Waals surface area contributed by atoms with E-state index in [0.29, 0.717) is 6.42 Å². The van der Waals surface area contributed by atoms with Crippen LogP contribution in [0.25, 0.3) is 0 Å². The second-order valence-corrected chi connectivity index (χ2v) is 9.41. The first-order chi connectivity index (χ1) is 13.9. The van der Waals surface area contributed by atoms with Gasteiger partial charge in [0.2, 0.25) is 21.8 Å². The third-order valence-corrected chi connectivity index (χ3v) is 5.37. The van der Waals surface area contributed by atoms with Gasteiger partial charge in [0.1, 0.15) is 6.04 Å². The Morgan fingerprint density at radius 3 is 2.53 bits per heavy atom. The van der Waals surface area contributed by atoms with Crippen LogP contribution in [0, 0.1) is 17.6 Å². The van der Waals surface area contributed by atoms with E-state index in [1.807, 2.05) is 4.72 Å². The number of halogens is 2. The molecule has 0 saturated carbocycles. The van der Waals surface area contributed by atoms with Crippen LogP contribution >= 0.6 is 0 Å². The molecule has 2 N–H and O–H groups in total. The number of amides is 3. The highest BCUT2D eigenvalue weighted by Gasteiger charge is 2.34. The van der Waals surface area contributed by atoms with Crippen LogP contribution in [0.5, 0.6) is 0 Å². The molecular weight excluding hydrogens is 420 g/mol. The minimum Gasteiger partial charge on any atom is -0.344 e. The van der Waals surface area contributed by atoms with E-state index in [9.17, 15) is 31.6 Å². The molecule has 8 nitrogen and oxygen atoms in total. The molecule has 1 fully saturated rings. The molecule has 166 valence electrons. The summed E-state index contributed by atoms with van der Waals surface area (Å²) in [6.07, 6.45) is 1.19. The average Bonchev–Trinajstić information content (AvgIpc) is 2.95. The SMILES string of the molecule is CC(C)[C@@H](NC(=O)C[C@@H]1CCC(=O)N1Cc1cccc(F)c1F)C(=O)NS(C)(=O)=O. The van der Waals surface area contributed by atoms with Crippen molar-refractivity contribution in [2.24, 2.45) is 5.92 Å². The molecule has 1 heterocycles. The number of hydrogen-bond donors (Lipinski definition) is 2. The molecule has 0 aromatic heterocycles. The fourth-order valence-electron chi connectivity index (χ4n) is 3.30. The Morgan fingerprint density at radius 1 is 1.27 bits per heavy atom. The monoisotopic (exact) mass is 445 g/mol. The van der Waals surface area contributed by atoms with Crippen LogP contribution in [0.1, 0.15) is 38.7 Å². The third-order valence-electron chi connectivity index (χ3n) is 4.80. The van der Waals surface area contributed by atoms with E-state index in [2.05, 4.69) is 5.32 Å². The zero-order chi connectivity index (χ0) is 22.6. The minimum atomic E-state index is -3.79. The van der Waals surface area contributed by atoms with E-state index < -0.39 is 51.5 Å². The first-order valence-electron chi connectivity index (χ1n) is 9.42. The summed E-state index contributed by atoms with van der Waals surface area (Å²) in [5, 5.41) is 2.50. The molecule has 0 unspecified atom stereocenters. The average molecular weight is 445 g/mol. The van der Waals surface area contributed by atoms with E-state index >= 15 is 0 Å². The van der Waals surface area contributed by atoms with Gasteiger partial charge in [0.15, 0.2) is 11.6 Å². The molecule has 1 aliphatic rings. The summed E-state index contributed by atoms with van der Waals surface area (Å²) in [6, 6.07) is 2.04. The molecule has 2 rings (SSSR count). The standard InChI is InChI=1S/C19H25F2N3O5S/c1-11(2)18(19(27)23-30(3,28)29)22-15(25)9-13-7-8-16(26)24(13)10-12-5-4-6-14(20)17(12)21/h4-6,11,13,18H,7-10H2,1-3H3,(H,22,25)(H,23,27)/t13-,18+/m0/s1. The summed E-state index contributed by atoms with van der Waals surface area (Å²) >= 11 is 0. The largest absolute Gasteiger partial charge is 0.344 e. The maximum Gasteiger partial charge on any atom is 0.256 e. The number of likely N-dealkylation sites (tertiary alicyclic amines) is 1. The van der Waals surface area contributed by atoms with Crippen LogP contribution in [0.3, 0.4) is 0 Å². The highest BCUT2D eigenvalue weighted by atomic mass is 32.2. The maximum absolute atomic E-state index is 14.0. The highest BCUT2D eigenvalue weighted by molar-refractivity contribution is 7.89. The number of benzene rings is 1. The van der Waals surface area contributed by atoms with Crippen LogP contribution in [-0.2, 0) is 31.0 Å². The van der Waals surface area contributed by atoms with Gasteiger partial charge in [-0.3, -0.25) is 19.1 Å². The number of carbonyl (C=O) groups is 3. The smallest absolute Gasteiger partial charge is 0.256 e. The van der Waals surface area contributed by atoms with Gasteiger partial charge in [-0.2, -0.15) is 0 Å². The van der Waals surface area contributed by atoms with Crippen LogP contribution in [-0.4, -0.2) is 49.4 Å². The highest BCUT2D eigenvalue weighted by Crippen LogP contribution is 2.25. The van der Waals surface area contributed by atoms with Crippen LogP contribution < -0.4 is 10.0 Å². The molecule has 3 amide bonds. The number of hydrogen-bond acceptors (Lipinski definition) is 5. The van der Waals surface area contributed by atoms with Gasteiger partial charge < -0.3 is 10.2 Å². The summed E-state index contributed by atoms with van der Waals surface area (Å²) in [5.41, 5.74) is 0.00300. The van der Waals surface area contributed by atoms with Gasteiger partial charge in [-0.25, -0.2) is 17.2 Å². The molecule has 1 aromatic rings. The summed E-state index contributed by atoms with van der Waals surface area (Å²) in [5.74, 6) is -4.16. The summed E-state index contributed by atoms with van der Waals surface area (Å²) in [4.78, 5) is 38.2. The Balaban J connectivity index is 2.07. The molecule has 0 bridgehead atoms. The van der Waals surface area contributed by atoms with E-state index in [1.54, 1.807) is 13.8 Å². The lowest BCUT2D eigenvalue weighted by Gasteiger charge is -2.26. The van der Waals surface area contributed by atoms with Crippen molar-refractivity contribution in [3.63, 3.8) is 0 Å². The summed E-state index contributed by atoms with van der Waals surface area (Å²) in [7, 11) is -3.79. The second-order valence-electron chi connectivity index (χ2n) is 7.66. The van der Waals surface area contributed by atoms with E-state index in [-0.39, 0.29) is 30.9 Å². The van der Waals surface area contributed by atoms with Crippen molar-refractivity contribution < 1.29 is 31.6 Å². The van der Waals surface area contributed by atoms with Gasteiger partial charge >= 0.3 is 0 Å². The molecule has 1 aliphatic heterocycles. The fraction of sp³-hybridized carbons (Fsp3) is 0.526. The Kier molecular flexibility index (Phi) is 7.51. The first-order valence-corrected chi connectivity index (χ1v) is 11.3. The number of nitrogens with zero attached hydrogens (tertiary/aromatic N) is 1. The molecule has 1 aromatic carbocycles. The maximum atomic E-state index is 14.0. The van der Waals surface area contributed by atoms with Gasteiger partial charge in [-0.1, -0.05) is 26.0 Å². The zero-order valence-corrected chi connectivity index (χ0v) is 17.8. The van der Waals surface area contributed by atoms with Gasteiger partial charge in [0, 0.05) is 31.0 Å². The van der Waals surface area contributed by atoms with Crippen LogP contribution in [0.4, 0.5) is 8.78 Å². The molecule has 30 heavy (non-hydrogen) atoms. The predicted octanol–water partition coefficient (Wildman–Crippen LogP) is 1.06. The fourth-order valence-corrected chi connectivity index (χ4v) is 3.80. The quantitative estimate of drug-likeness (QED) is 0.621. The van der Waals surface area contributed by atoms with Gasteiger partial charge in [0.25, 0.3) is 5.91 Å². The van der Waals surface area contributed by atoms with E-state index in [4.69, 9.17) is 0 Å². The lowest BCUT2D eigenvalue weighted by Crippen LogP contribution is -2.51. The van der Waals surface area contributed by atoms with Crippen molar-refractivity contribution in [1.82, 2.24) is 14.9 Å². The van der Waals surface area contributed by atoms with E-state index in [0.717, 1.165) is 12.3 Å². The zero-order valence-electron chi connectivity index (χ0n) is 16.9. The normalized spacial score (nSPS) is 17.9. The summed E-state index contributed by atoms with van der Waals surface area (Å²) < 4.78 is 51.8. The van der Waals surface area contributed by atoms with Crippen molar-refractivity contribution in [2.75, 3.05) is 6.26 Å². The number of nitrogens with one attached hydrogen (secondary N) is 2. The minimum absolute atomic E-state index is 0.00300. The number of rotatable bonds is 8. The van der Waals surface area contributed by atoms with Crippen LogP contribution in [0.15, 0.2) is 18.2 Å². The lowest BCUT2D eigenvalue weighted by atomic mass is 10.0.